The molecule has 3 aromatic heterocycles. The largest absolute Gasteiger partial charge is 0.476 e. The number of ether oxygens (including phenoxy) is 1. The van der Waals surface area contributed by atoms with E-state index in [1.54, 1.807) is 24.7 Å². The molecule has 2 aliphatic rings. The van der Waals surface area contributed by atoms with E-state index in [1.165, 1.54) is 11.3 Å². The zero-order valence-electron chi connectivity index (χ0n) is 25.9. The maximum Gasteiger partial charge on any atom is 0.219 e. The first-order valence-electron chi connectivity index (χ1n) is 15.5. The molecule has 0 amide bonds. The molecule has 11 nitrogen and oxygen atoms in total. The van der Waals surface area contributed by atoms with Gasteiger partial charge in [0, 0.05) is 52.6 Å². The second kappa shape index (κ2) is 14.5. The SMILES string of the molecule is CCCC/C(C(=O)[C@H]1CCCc2sc(N)c(C#N)c21)=C(/N)c1nc(N/C=C(\N)c2cccnc2)cc(OC[C@@H]2CCCN2C)n1. The average Bonchev–Trinajstić information content (AvgIpc) is 3.63. The Labute approximate surface area is 268 Å². The van der Waals surface area contributed by atoms with Gasteiger partial charge in [0.2, 0.25) is 5.88 Å². The summed E-state index contributed by atoms with van der Waals surface area (Å²) in [6.07, 6.45) is 11.5. The van der Waals surface area contributed by atoms with Crippen molar-refractivity contribution >= 4 is 39.3 Å². The quantitative estimate of drug-likeness (QED) is 0.203. The molecule has 45 heavy (non-hydrogen) atoms. The number of carbonyl (C=O) groups excluding carboxylic acids is 1. The van der Waals surface area contributed by atoms with Crippen LogP contribution in [0.15, 0.2) is 42.4 Å². The van der Waals surface area contributed by atoms with Crippen molar-refractivity contribution in [2.24, 2.45) is 11.5 Å². The molecule has 2 atom stereocenters. The van der Waals surface area contributed by atoms with Crippen LogP contribution >= 0.6 is 11.3 Å². The molecule has 0 bridgehead atoms. The summed E-state index contributed by atoms with van der Waals surface area (Å²) in [7, 11) is 2.09. The highest BCUT2D eigenvalue weighted by atomic mass is 32.1. The summed E-state index contributed by atoms with van der Waals surface area (Å²) < 4.78 is 6.19. The predicted octanol–water partition coefficient (Wildman–Crippen LogP) is 4.78. The smallest absolute Gasteiger partial charge is 0.219 e. The molecule has 12 heteroatoms. The van der Waals surface area contributed by atoms with E-state index in [0.29, 0.717) is 53.0 Å². The average molecular weight is 628 g/mol. The number of carbonyl (C=O) groups is 1. The number of rotatable bonds is 12. The minimum absolute atomic E-state index is 0.103. The Balaban J connectivity index is 1.52. The lowest BCUT2D eigenvalue weighted by atomic mass is 9.79. The van der Waals surface area contributed by atoms with E-state index >= 15 is 0 Å². The second-order valence-electron chi connectivity index (χ2n) is 11.6. The fourth-order valence-electron chi connectivity index (χ4n) is 5.98. The molecule has 3 aromatic rings. The van der Waals surface area contributed by atoms with Gasteiger partial charge >= 0.3 is 0 Å². The lowest BCUT2D eigenvalue weighted by Crippen LogP contribution is -2.30. The number of Topliss-reactive ketones (excluding diaryl/α,β-unsaturated/α-hetero) is 1. The molecule has 1 aliphatic heterocycles. The number of likely N-dealkylation sites (tertiary alicyclic amines) is 1. The number of unbranched alkanes of at least 4 members (excludes halogenated alkanes) is 1. The fourth-order valence-corrected chi connectivity index (χ4v) is 7.10. The summed E-state index contributed by atoms with van der Waals surface area (Å²) in [5.74, 6) is 0.375. The number of hydrogen-bond acceptors (Lipinski definition) is 12. The van der Waals surface area contributed by atoms with E-state index in [4.69, 9.17) is 26.9 Å². The fraction of sp³-hybridized carbons (Fsp3) is 0.424. The second-order valence-corrected chi connectivity index (χ2v) is 12.7. The maximum absolute atomic E-state index is 14.3. The van der Waals surface area contributed by atoms with Crippen LogP contribution in [0.1, 0.15) is 85.2 Å². The number of anilines is 2. The Hall–Kier alpha value is -4.47. The molecule has 1 aliphatic carbocycles. The van der Waals surface area contributed by atoms with Gasteiger partial charge in [0.1, 0.15) is 23.5 Å². The van der Waals surface area contributed by atoms with Crippen LogP contribution in [0.25, 0.3) is 11.4 Å². The molecule has 0 aromatic carbocycles. The van der Waals surface area contributed by atoms with E-state index in [2.05, 4.69) is 40.2 Å². The highest BCUT2D eigenvalue weighted by molar-refractivity contribution is 7.16. The Kier molecular flexibility index (Phi) is 10.3. The first-order valence-corrected chi connectivity index (χ1v) is 16.3. The van der Waals surface area contributed by atoms with E-state index in [1.807, 2.05) is 12.1 Å². The monoisotopic (exact) mass is 627 g/mol. The van der Waals surface area contributed by atoms with Gasteiger partial charge in [-0.05, 0) is 76.2 Å². The van der Waals surface area contributed by atoms with Crippen LogP contribution in [-0.2, 0) is 11.2 Å². The third-order valence-electron chi connectivity index (χ3n) is 8.53. The number of hydrogen-bond donors (Lipinski definition) is 4. The number of pyridine rings is 1. The van der Waals surface area contributed by atoms with Gasteiger partial charge in [0.25, 0.3) is 0 Å². The van der Waals surface area contributed by atoms with Gasteiger partial charge in [0.05, 0.1) is 17.0 Å². The number of nitrogens with zero attached hydrogens (tertiary/aromatic N) is 5. The van der Waals surface area contributed by atoms with Gasteiger partial charge in [-0.2, -0.15) is 10.2 Å². The molecule has 1 fully saturated rings. The zero-order chi connectivity index (χ0) is 31.9. The summed E-state index contributed by atoms with van der Waals surface area (Å²) in [4.78, 5) is 31.1. The van der Waals surface area contributed by atoms with Gasteiger partial charge in [-0.15, -0.1) is 11.3 Å². The Bertz CT molecular complexity index is 1630. The third kappa shape index (κ3) is 7.27. The van der Waals surface area contributed by atoms with Crippen molar-refractivity contribution in [1.29, 1.82) is 5.26 Å². The number of nitriles is 1. The highest BCUT2D eigenvalue weighted by Gasteiger charge is 2.34. The molecular weight excluding hydrogens is 586 g/mol. The van der Waals surface area contributed by atoms with Crippen molar-refractivity contribution in [1.82, 2.24) is 19.9 Å². The summed E-state index contributed by atoms with van der Waals surface area (Å²) in [5, 5.41) is 13.5. The number of allylic oxidation sites excluding steroid dienone is 1. The highest BCUT2D eigenvalue weighted by Crippen LogP contribution is 2.44. The first-order chi connectivity index (χ1) is 21.8. The number of aryl methyl sites for hydroxylation is 1. The minimum atomic E-state index is -0.487. The molecule has 236 valence electrons. The first kappa shape index (κ1) is 31.9. The molecule has 0 saturated carbocycles. The van der Waals surface area contributed by atoms with E-state index < -0.39 is 5.92 Å². The van der Waals surface area contributed by atoms with Gasteiger partial charge < -0.3 is 32.2 Å². The molecule has 0 spiro atoms. The predicted molar refractivity (Wildman–Crippen MR) is 178 cm³/mol. The van der Waals surface area contributed by atoms with E-state index in [-0.39, 0.29) is 23.3 Å². The maximum atomic E-state index is 14.3. The van der Waals surface area contributed by atoms with Gasteiger partial charge in [-0.3, -0.25) is 9.78 Å². The van der Waals surface area contributed by atoms with E-state index in [0.717, 1.165) is 61.1 Å². The molecule has 4 heterocycles. The lowest BCUT2D eigenvalue weighted by molar-refractivity contribution is -0.117. The topological polar surface area (TPSA) is 182 Å². The van der Waals surface area contributed by atoms with Crippen molar-refractivity contribution in [3.63, 3.8) is 0 Å². The van der Waals surface area contributed by atoms with Crippen LogP contribution in [0.4, 0.5) is 10.8 Å². The molecule has 1 saturated heterocycles. The van der Waals surface area contributed by atoms with Gasteiger partial charge in [0.15, 0.2) is 11.6 Å². The Morgan fingerprint density at radius 1 is 1.29 bits per heavy atom. The number of nitrogens with one attached hydrogen (secondary N) is 1. The molecule has 0 unspecified atom stereocenters. The molecule has 7 N–H and O–H groups in total. The number of nitrogens with two attached hydrogens (primary N) is 3. The number of ketones is 1. The molecule has 5 rings (SSSR count). The molecule has 0 radical (unpaired) electrons. The standard InChI is InChI=1S/C33H41N9O2S/c1-3-4-10-23(31(43)22-11-5-12-26-29(22)24(16-34)32(37)45-26)30(36)33-40-27(39-18-25(35)20-8-6-13-38-17-20)15-28(41-33)44-19-21-9-7-14-42(21)2/h6,8,13,15,17-18,21-22H,3-5,7,9-12,14,19,35-37H2,1-2H3,(H,39,40,41)/b25-18-,30-23-/t21-,22-/m0/s1. The van der Waals surface area contributed by atoms with Crippen LogP contribution in [0.3, 0.4) is 0 Å². The number of likely N-dealkylation sites (N-methyl/N-ethyl adjacent to an activating group) is 1. The van der Waals surface area contributed by atoms with Crippen LogP contribution < -0.4 is 27.3 Å². The van der Waals surface area contributed by atoms with Crippen molar-refractivity contribution < 1.29 is 9.53 Å². The summed E-state index contributed by atoms with van der Waals surface area (Å²) in [6, 6.07) is 7.89. The number of fused-ring (bicyclic) bond motifs is 1. The Morgan fingerprint density at radius 2 is 2.13 bits per heavy atom. The van der Waals surface area contributed by atoms with Crippen LogP contribution in [-0.4, -0.2) is 51.9 Å². The van der Waals surface area contributed by atoms with Crippen molar-refractivity contribution in [3.05, 3.63) is 69.8 Å². The number of nitrogen functional groups attached to an aromatic ring is 1. The lowest BCUT2D eigenvalue weighted by Gasteiger charge is -2.24. The van der Waals surface area contributed by atoms with Crippen molar-refractivity contribution in [2.45, 2.75) is 70.3 Å². The summed E-state index contributed by atoms with van der Waals surface area (Å²) in [6.45, 7) is 3.56. The van der Waals surface area contributed by atoms with Crippen molar-refractivity contribution in [2.75, 3.05) is 31.2 Å². The van der Waals surface area contributed by atoms with Crippen LogP contribution in [0, 0.1) is 11.3 Å². The molecular formula is C33H41N9O2S. The Morgan fingerprint density at radius 3 is 2.84 bits per heavy atom. The van der Waals surface area contributed by atoms with Gasteiger partial charge in [-0.25, -0.2) is 4.98 Å². The number of aromatic nitrogens is 3. The third-order valence-corrected chi connectivity index (χ3v) is 9.63. The number of thiophene rings is 1. The zero-order valence-corrected chi connectivity index (χ0v) is 26.7. The normalized spacial score (nSPS) is 19.0. The summed E-state index contributed by atoms with van der Waals surface area (Å²) in [5.41, 5.74) is 22.4. The van der Waals surface area contributed by atoms with Crippen molar-refractivity contribution in [3.8, 4) is 11.9 Å². The summed E-state index contributed by atoms with van der Waals surface area (Å²) >= 11 is 1.41. The van der Waals surface area contributed by atoms with E-state index in [9.17, 15) is 10.1 Å². The van der Waals surface area contributed by atoms with Crippen LogP contribution in [0.2, 0.25) is 0 Å². The van der Waals surface area contributed by atoms with Crippen LogP contribution in [0.5, 0.6) is 5.88 Å². The van der Waals surface area contributed by atoms with Gasteiger partial charge in [-0.1, -0.05) is 13.3 Å². The minimum Gasteiger partial charge on any atom is -0.476 e.